The van der Waals surface area contributed by atoms with Crippen LogP contribution in [0.4, 0.5) is 0 Å². The molecule has 6 nitrogen and oxygen atoms in total. The number of fused-ring (bicyclic) bond motifs is 10. The van der Waals surface area contributed by atoms with Gasteiger partial charge in [-0.2, -0.15) is 0 Å². The molecule has 5 aromatic carbocycles. The van der Waals surface area contributed by atoms with Gasteiger partial charge in [0.2, 0.25) is 0 Å². The van der Waals surface area contributed by atoms with E-state index in [1.54, 1.807) is 4.40 Å². The molecule has 0 spiro atoms. The van der Waals surface area contributed by atoms with Gasteiger partial charge >= 0.3 is 0 Å². The highest BCUT2D eigenvalue weighted by molar-refractivity contribution is 6.23. The van der Waals surface area contributed by atoms with E-state index in [1.807, 2.05) is 109 Å². The van der Waals surface area contributed by atoms with Crippen LogP contribution in [-0.4, -0.2) is 23.9 Å². The molecule has 196 valence electrons. The molecule has 0 unspecified atom stereocenters. The minimum atomic E-state index is -0.120. The van der Waals surface area contributed by atoms with Crippen molar-refractivity contribution in [2.45, 2.75) is 0 Å². The molecule has 6 heteroatoms. The van der Waals surface area contributed by atoms with Crippen LogP contribution in [-0.2, 0) is 0 Å². The number of para-hydroxylation sites is 4. The van der Waals surface area contributed by atoms with Gasteiger partial charge in [0.25, 0.3) is 5.56 Å². The largest absolute Gasteiger partial charge is 0.277 e. The second kappa shape index (κ2) is 8.56. The molecule has 0 aliphatic rings. The quantitative estimate of drug-likeness (QED) is 0.167. The first-order chi connectivity index (χ1) is 20.8. The standard InChI is InChI=1S/C36H21N5O/c42-36-25-16-6-8-18-27(25)38-33-24-15-5-4-14-23(24)31-26-17-7-11-21-30(26)40(35(31)41(33)36)34-32(22-12-2-1-3-13-22)37-28-19-9-10-20-29(28)39-34/h1-21H. The van der Waals surface area contributed by atoms with Crippen LogP contribution in [0.5, 0.6) is 0 Å². The van der Waals surface area contributed by atoms with Crippen LogP contribution in [0.25, 0.3) is 77.4 Å². The normalized spacial score (nSPS) is 11.9. The van der Waals surface area contributed by atoms with E-state index in [-0.39, 0.29) is 5.56 Å². The topological polar surface area (TPSA) is 65.1 Å². The van der Waals surface area contributed by atoms with Crippen molar-refractivity contribution >= 4 is 60.3 Å². The first-order valence-corrected chi connectivity index (χ1v) is 13.9. The van der Waals surface area contributed by atoms with Gasteiger partial charge in [0.1, 0.15) is 17.0 Å². The van der Waals surface area contributed by atoms with E-state index in [0.717, 1.165) is 55.0 Å². The lowest BCUT2D eigenvalue weighted by Crippen LogP contribution is -2.18. The summed E-state index contributed by atoms with van der Waals surface area (Å²) in [4.78, 5) is 29.9. The molecule has 9 aromatic rings. The van der Waals surface area contributed by atoms with Crippen LogP contribution < -0.4 is 5.56 Å². The van der Waals surface area contributed by atoms with Crippen molar-refractivity contribution in [2.75, 3.05) is 0 Å². The summed E-state index contributed by atoms with van der Waals surface area (Å²) in [5.41, 5.74) is 6.08. The Morgan fingerprint density at radius 3 is 1.88 bits per heavy atom. The number of rotatable bonds is 2. The maximum absolute atomic E-state index is 14.4. The third-order valence-corrected chi connectivity index (χ3v) is 8.09. The third-order valence-electron chi connectivity index (χ3n) is 8.09. The van der Waals surface area contributed by atoms with Crippen molar-refractivity contribution in [1.82, 2.24) is 23.9 Å². The van der Waals surface area contributed by atoms with E-state index in [4.69, 9.17) is 15.0 Å². The second-order valence-electron chi connectivity index (χ2n) is 10.4. The van der Waals surface area contributed by atoms with Gasteiger partial charge in [-0.25, -0.2) is 19.4 Å². The molecule has 0 aliphatic carbocycles. The van der Waals surface area contributed by atoms with E-state index >= 15 is 0 Å². The number of aromatic nitrogens is 5. The van der Waals surface area contributed by atoms with Crippen molar-refractivity contribution in [2.24, 2.45) is 0 Å². The Kier molecular flexibility index (Phi) is 4.66. The van der Waals surface area contributed by atoms with Gasteiger partial charge < -0.3 is 0 Å². The van der Waals surface area contributed by atoms with Crippen LogP contribution >= 0.6 is 0 Å². The van der Waals surface area contributed by atoms with Gasteiger partial charge in [0.05, 0.1) is 27.5 Å². The smallest absolute Gasteiger partial charge is 0.267 e. The molecule has 0 bridgehead atoms. The summed E-state index contributed by atoms with van der Waals surface area (Å²) >= 11 is 0. The van der Waals surface area contributed by atoms with Crippen LogP contribution in [0.15, 0.2) is 132 Å². The lowest BCUT2D eigenvalue weighted by molar-refractivity contribution is 1.01. The Hall–Kier alpha value is -5.88. The van der Waals surface area contributed by atoms with Crippen LogP contribution in [0.3, 0.4) is 0 Å². The number of benzene rings is 5. The zero-order chi connectivity index (χ0) is 27.8. The summed E-state index contributed by atoms with van der Waals surface area (Å²) in [5.74, 6) is 0.655. The lowest BCUT2D eigenvalue weighted by Gasteiger charge is -2.16. The summed E-state index contributed by atoms with van der Waals surface area (Å²) < 4.78 is 3.87. The second-order valence-corrected chi connectivity index (χ2v) is 10.4. The van der Waals surface area contributed by atoms with Crippen molar-refractivity contribution < 1.29 is 0 Å². The van der Waals surface area contributed by atoms with E-state index in [2.05, 4.69) is 22.8 Å². The van der Waals surface area contributed by atoms with Crippen LogP contribution in [0, 0.1) is 0 Å². The molecular formula is C36H21N5O. The zero-order valence-corrected chi connectivity index (χ0v) is 22.3. The number of nitrogens with zero attached hydrogens (tertiary/aromatic N) is 5. The third kappa shape index (κ3) is 3.09. The summed E-state index contributed by atoms with van der Waals surface area (Å²) in [6.07, 6.45) is 0. The molecule has 9 rings (SSSR count). The van der Waals surface area contributed by atoms with E-state index in [0.29, 0.717) is 22.4 Å². The number of hydrogen-bond donors (Lipinski definition) is 0. The fourth-order valence-corrected chi connectivity index (χ4v) is 6.26. The molecule has 0 N–H and O–H groups in total. The highest BCUT2D eigenvalue weighted by atomic mass is 16.1. The molecule has 0 atom stereocenters. The first-order valence-electron chi connectivity index (χ1n) is 13.9. The SMILES string of the molecule is O=c1c2ccccc2nc2c3ccccc3c3c4ccccc4n(-c4nc5ccccc5nc4-c4ccccc4)c3n12. The molecular weight excluding hydrogens is 518 g/mol. The van der Waals surface area contributed by atoms with E-state index in [9.17, 15) is 4.79 Å². The Labute approximate surface area is 238 Å². The van der Waals surface area contributed by atoms with Crippen LogP contribution in [0.2, 0.25) is 0 Å². The number of pyridine rings is 1. The van der Waals surface area contributed by atoms with Gasteiger partial charge in [-0.15, -0.1) is 0 Å². The molecule has 4 aromatic heterocycles. The fourth-order valence-electron chi connectivity index (χ4n) is 6.26. The fraction of sp³-hybridized carbons (Fsp3) is 0. The van der Waals surface area contributed by atoms with Gasteiger partial charge in [0, 0.05) is 21.7 Å². The predicted molar refractivity (Wildman–Crippen MR) is 169 cm³/mol. The monoisotopic (exact) mass is 539 g/mol. The van der Waals surface area contributed by atoms with E-state index in [1.165, 1.54) is 0 Å². The first kappa shape index (κ1) is 22.9. The number of hydrogen-bond acceptors (Lipinski definition) is 4. The summed E-state index contributed by atoms with van der Waals surface area (Å²) in [5, 5.41) is 4.51. The molecule has 0 fully saturated rings. The maximum atomic E-state index is 14.4. The van der Waals surface area contributed by atoms with Gasteiger partial charge in [-0.3, -0.25) is 9.36 Å². The zero-order valence-electron chi connectivity index (χ0n) is 22.3. The minimum absolute atomic E-state index is 0.120. The Bertz CT molecular complexity index is 2600. The van der Waals surface area contributed by atoms with Crippen LogP contribution in [0.1, 0.15) is 0 Å². The average Bonchev–Trinajstić information content (AvgIpc) is 3.40. The lowest BCUT2D eigenvalue weighted by atomic mass is 10.1. The molecule has 42 heavy (non-hydrogen) atoms. The molecule has 0 saturated carbocycles. The molecule has 0 aliphatic heterocycles. The highest BCUT2D eigenvalue weighted by Gasteiger charge is 2.24. The van der Waals surface area contributed by atoms with E-state index < -0.39 is 0 Å². The van der Waals surface area contributed by atoms with Gasteiger partial charge in [-0.1, -0.05) is 97.1 Å². The molecule has 0 saturated heterocycles. The highest BCUT2D eigenvalue weighted by Crippen LogP contribution is 2.39. The molecule has 4 heterocycles. The minimum Gasteiger partial charge on any atom is -0.277 e. The Balaban J connectivity index is 1.60. The Morgan fingerprint density at radius 2 is 1.10 bits per heavy atom. The van der Waals surface area contributed by atoms with Crippen molar-refractivity contribution in [3.05, 3.63) is 138 Å². The summed E-state index contributed by atoms with van der Waals surface area (Å²) in [6, 6.07) is 42.0. The average molecular weight is 540 g/mol. The summed E-state index contributed by atoms with van der Waals surface area (Å²) in [7, 11) is 0. The van der Waals surface area contributed by atoms with Gasteiger partial charge in [0.15, 0.2) is 5.82 Å². The van der Waals surface area contributed by atoms with Crippen molar-refractivity contribution in [3.63, 3.8) is 0 Å². The maximum Gasteiger partial charge on any atom is 0.267 e. The molecule has 0 radical (unpaired) electrons. The Morgan fingerprint density at radius 1 is 0.500 bits per heavy atom. The van der Waals surface area contributed by atoms with Crippen molar-refractivity contribution in [1.29, 1.82) is 0 Å². The van der Waals surface area contributed by atoms with Gasteiger partial charge in [-0.05, 0) is 35.7 Å². The van der Waals surface area contributed by atoms with Crippen molar-refractivity contribution in [3.8, 4) is 17.1 Å². The molecule has 0 amide bonds. The predicted octanol–water partition coefficient (Wildman–Crippen LogP) is 7.71. The summed E-state index contributed by atoms with van der Waals surface area (Å²) in [6.45, 7) is 0.